The number of nitrogens with two attached hydrogens (primary N) is 1. The van der Waals surface area contributed by atoms with Gasteiger partial charge in [-0.15, -0.1) is 0 Å². The number of aromatic carboxylic acids is 1. The van der Waals surface area contributed by atoms with Crippen LogP contribution in [0.1, 0.15) is 75.0 Å². The Balaban J connectivity index is 1.99. The summed E-state index contributed by atoms with van der Waals surface area (Å²) >= 11 is 0. The zero-order valence-corrected chi connectivity index (χ0v) is 19.7. The second-order valence-corrected chi connectivity index (χ2v) is 9.36. The number of carboxylic acids is 1. The zero-order chi connectivity index (χ0) is 24.5. The number of halogens is 1. The van der Waals surface area contributed by atoms with Gasteiger partial charge in [0.2, 0.25) is 11.3 Å². The van der Waals surface area contributed by atoms with Crippen LogP contribution in [0, 0.1) is 0 Å². The van der Waals surface area contributed by atoms with Crippen molar-refractivity contribution < 1.29 is 19.1 Å². The van der Waals surface area contributed by atoms with Crippen LogP contribution in [0.15, 0.2) is 28.6 Å². The highest BCUT2D eigenvalue weighted by molar-refractivity contribution is 5.90. The Kier molecular flexibility index (Phi) is 7.00. The van der Waals surface area contributed by atoms with Crippen LogP contribution >= 0.6 is 0 Å². The summed E-state index contributed by atoms with van der Waals surface area (Å²) in [6.07, 6.45) is 6.13. The highest BCUT2D eigenvalue weighted by Gasteiger charge is 2.35. The molecule has 1 fully saturated rings. The molecule has 8 nitrogen and oxygen atoms in total. The molecule has 180 valence electrons. The fourth-order valence-corrected chi connectivity index (χ4v) is 4.63. The van der Waals surface area contributed by atoms with Crippen molar-refractivity contribution >= 4 is 17.6 Å². The number of carboxylic acid groups (broad SMARTS) is 1. The van der Waals surface area contributed by atoms with E-state index in [0.717, 1.165) is 0 Å². The largest absolute Gasteiger partial charge is 0.477 e. The SMILES string of the molecule is CC/C=C(NC1CCN(C(C)=O)CC1)\C(F)=C(\N)c1cn2c(c(C(=O)O)c1=O)CCC2(C)C. The Hall–Kier alpha value is -3.10. The summed E-state index contributed by atoms with van der Waals surface area (Å²) in [7, 11) is 0. The number of hydrogen-bond acceptors (Lipinski definition) is 5. The maximum absolute atomic E-state index is 15.6. The number of pyridine rings is 1. The quantitative estimate of drug-likeness (QED) is 0.562. The molecule has 0 aromatic carbocycles. The summed E-state index contributed by atoms with van der Waals surface area (Å²) in [5.41, 5.74) is 4.70. The van der Waals surface area contributed by atoms with Crippen molar-refractivity contribution in [1.29, 1.82) is 0 Å². The van der Waals surface area contributed by atoms with Crippen LogP contribution in [0.2, 0.25) is 0 Å². The molecule has 0 atom stereocenters. The number of hydrogen-bond donors (Lipinski definition) is 3. The lowest BCUT2D eigenvalue weighted by Crippen LogP contribution is -2.44. The lowest BCUT2D eigenvalue weighted by molar-refractivity contribution is -0.129. The van der Waals surface area contributed by atoms with E-state index in [1.165, 1.54) is 13.1 Å². The van der Waals surface area contributed by atoms with E-state index in [1.807, 2.05) is 20.8 Å². The number of likely N-dealkylation sites (tertiary alicyclic amines) is 1. The molecular weight excluding hydrogens is 427 g/mol. The van der Waals surface area contributed by atoms with Crippen molar-refractivity contribution in [3.8, 4) is 0 Å². The number of allylic oxidation sites excluding steroid dienone is 2. The van der Waals surface area contributed by atoms with Gasteiger partial charge in [0.05, 0.1) is 17.0 Å². The Morgan fingerprint density at radius 3 is 2.52 bits per heavy atom. The molecule has 0 spiro atoms. The van der Waals surface area contributed by atoms with Gasteiger partial charge in [0.15, 0.2) is 5.83 Å². The van der Waals surface area contributed by atoms with Crippen LogP contribution < -0.4 is 16.5 Å². The number of rotatable bonds is 6. The second kappa shape index (κ2) is 9.41. The van der Waals surface area contributed by atoms with E-state index in [0.29, 0.717) is 50.9 Å². The molecule has 0 radical (unpaired) electrons. The van der Waals surface area contributed by atoms with Gasteiger partial charge in [0.25, 0.3) is 0 Å². The predicted octanol–water partition coefficient (Wildman–Crippen LogP) is 2.72. The van der Waals surface area contributed by atoms with Crippen molar-refractivity contribution in [2.45, 2.75) is 71.4 Å². The number of nitrogens with one attached hydrogen (secondary N) is 1. The number of carbonyl (C=O) groups is 2. The van der Waals surface area contributed by atoms with Crippen molar-refractivity contribution in [3.05, 3.63) is 50.8 Å². The number of nitrogens with zero attached hydrogens (tertiary/aromatic N) is 2. The van der Waals surface area contributed by atoms with Crippen LogP contribution in [0.25, 0.3) is 5.70 Å². The normalized spacial score (nSPS) is 19.2. The summed E-state index contributed by atoms with van der Waals surface area (Å²) in [4.78, 5) is 38.2. The third-order valence-electron chi connectivity index (χ3n) is 6.62. The van der Waals surface area contributed by atoms with Crippen LogP contribution in [-0.4, -0.2) is 45.6 Å². The molecule has 0 unspecified atom stereocenters. The Morgan fingerprint density at radius 2 is 1.97 bits per heavy atom. The molecule has 0 bridgehead atoms. The van der Waals surface area contributed by atoms with E-state index in [2.05, 4.69) is 5.32 Å². The topological polar surface area (TPSA) is 118 Å². The fourth-order valence-electron chi connectivity index (χ4n) is 4.63. The first-order valence-corrected chi connectivity index (χ1v) is 11.4. The molecule has 1 amide bonds. The van der Waals surface area contributed by atoms with E-state index in [-0.39, 0.29) is 34.5 Å². The predicted molar refractivity (Wildman–Crippen MR) is 124 cm³/mol. The highest BCUT2D eigenvalue weighted by Crippen LogP contribution is 2.33. The maximum Gasteiger partial charge on any atom is 0.341 e. The van der Waals surface area contributed by atoms with Crippen molar-refractivity contribution in [2.75, 3.05) is 13.1 Å². The fraction of sp³-hybridized carbons (Fsp3) is 0.542. The third kappa shape index (κ3) is 4.82. The first-order valence-electron chi connectivity index (χ1n) is 11.4. The van der Waals surface area contributed by atoms with Crippen molar-refractivity contribution in [1.82, 2.24) is 14.8 Å². The number of piperidine rings is 1. The Bertz CT molecular complexity index is 1080. The van der Waals surface area contributed by atoms with Gasteiger partial charge in [-0.3, -0.25) is 9.59 Å². The average molecular weight is 461 g/mol. The minimum atomic E-state index is -1.34. The lowest BCUT2D eigenvalue weighted by atomic mass is 10.0. The summed E-state index contributed by atoms with van der Waals surface area (Å²) in [5, 5.41) is 12.9. The maximum atomic E-state index is 15.6. The first-order chi connectivity index (χ1) is 15.5. The second-order valence-electron chi connectivity index (χ2n) is 9.36. The molecule has 1 aromatic rings. The zero-order valence-electron chi connectivity index (χ0n) is 19.7. The molecule has 1 aromatic heterocycles. The molecule has 2 aliphatic rings. The number of amides is 1. The molecule has 4 N–H and O–H groups in total. The van der Waals surface area contributed by atoms with Crippen LogP contribution in [0.4, 0.5) is 4.39 Å². The number of aromatic nitrogens is 1. The average Bonchev–Trinajstić information content (AvgIpc) is 3.05. The molecule has 33 heavy (non-hydrogen) atoms. The number of carbonyl (C=O) groups excluding carboxylic acids is 1. The van der Waals surface area contributed by atoms with Crippen LogP contribution in [0.5, 0.6) is 0 Å². The van der Waals surface area contributed by atoms with Crippen LogP contribution in [-0.2, 0) is 16.8 Å². The van der Waals surface area contributed by atoms with E-state index < -0.39 is 22.8 Å². The van der Waals surface area contributed by atoms with Gasteiger partial charge in [-0.2, -0.15) is 0 Å². The van der Waals surface area contributed by atoms with Crippen molar-refractivity contribution in [3.63, 3.8) is 0 Å². The standard InChI is InChI=1S/C24H33FN4O4/c1-5-6-17(27-15-8-11-28(12-9-15)14(2)30)20(25)21(26)16-13-29-18(7-10-24(29,3)4)19(22(16)31)23(32)33/h6,13,15,27H,5,7-12,26H2,1-4H3,(H,32,33)/b17-6+,21-20-. The van der Waals surface area contributed by atoms with E-state index in [1.54, 1.807) is 15.5 Å². The monoisotopic (exact) mass is 460 g/mol. The smallest absolute Gasteiger partial charge is 0.341 e. The van der Waals surface area contributed by atoms with Gasteiger partial charge >= 0.3 is 5.97 Å². The van der Waals surface area contributed by atoms with E-state index in [9.17, 15) is 19.5 Å². The van der Waals surface area contributed by atoms with Gasteiger partial charge in [-0.25, -0.2) is 9.18 Å². The van der Waals surface area contributed by atoms with E-state index in [4.69, 9.17) is 5.73 Å². The van der Waals surface area contributed by atoms with E-state index >= 15 is 4.39 Å². The summed E-state index contributed by atoms with van der Waals surface area (Å²) in [5.74, 6) is -2.10. The molecule has 1 saturated heterocycles. The number of fused-ring (bicyclic) bond motifs is 1. The van der Waals surface area contributed by atoms with Gasteiger partial charge in [-0.1, -0.05) is 13.0 Å². The minimum absolute atomic E-state index is 0.0161. The highest BCUT2D eigenvalue weighted by atomic mass is 19.1. The summed E-state index contributed by atoms with van der Waals surface area (Å²) < 4.78 is 17.4. The molecule has 3 heterocycles. The van der Waals surface area contributed by atoms with Gasteiger partial charge in [0, 0.05) is 43.5 Å². The molecule has 3 rings (SSSR count). The third-order valence-corrected chi connectivity index (χ3v) is 6.62. The minimum Gasteiger partial charge on any atom is -0.477 e. The van der Waals surface area contributed by atoms with Gasteiger partial charge < -0.3 is 25.6 Å². The van der Waals surface area contributed by atoms with Gasteiger partial charge in [0.1, 0.15) is 5.56 Å². The molecular formula is C24H33FN4O4. The van der Waals surface area contributed by atoms with Crippen LogP contribution in [0.3, 0.4) is 0 Å². The molecule has 2 aliphatic heterocycles. The Labute approximate surface area is 192 Å². The molecule has 0 aliphatic carbocycles. The Morgan fingerprint density at radius 1 is 1.33 bits per heavy atom. The van der Waals surface area contributed by atoms with Gasteiger partial charge in [-0.05, 0) is 46.0 Å². The summed E-state index contributed by atoms with van der Waals surface area (Å²) in [6.45, 7) is 8.43. The first kappa shape index (κ1) is 24.5. The molecule has 9 heteroatoms. The lowest BCUT2D eigenvalue weighted by Gasteiger charge is -2.32. The molecule has 0 saturated carbocycles. The van der Waals surface area contributed by atoms with Crippen molar-refractivity contribution in [2.24, 2.45) is 5.73 Å². The summed E-state index contributed by atoms with van der Waals surface area (Å²) in [6, 6.07) is -0.0495.